The van der Waals surface area contributed by atoms with Crippen LogP contribution in [-0.4, -0.2) is 10.8 Å². The van der Waals surface area contributed by atoms with Crippen LogP contribution in [0.25, 0.3) is 0 Å². The van der Waals surface area contributed by atoms with E-state index >= 15 is 0 Å². The molecule has 18 heavy (non-hydrogen) atoms. The monoisotopic (exact) mass is 260 g/mol. The molecule has 2 rings (SSSR count). The van der Waals surface area contributed by atoms with Gasteiger partial charge in [0.15, 0.2) is 0 Å². The fourth-order valence-corrected chi connectivity index (χ4v) is 2.44. The van der Waals surface area contributed by atoms with Gasteiger partial charge in [0.1, 0.15) is 5.78 Å². The van der Waals surface area contributed by atoms with E-state index in [9.17, 15) is 4.79 Å². The first kappa shape index (κ1) is 12.9. The molecule has 0 spiro atoms. The minimum Gasteiger partial charge on any atom is -0.323 e. The maximum absolute atomic E-state index is 12.1. The molecular weight excluding hydrogens is 244 g/mol. The van der Waals surface area contributed by atoms with Crippen molar-refractivity contribution in [3.05, 3.63) is 52.5 Å². The Kier molecular flexibility index (Phi) is 4.23. The number of hydrogen-bond acceptors (Lipinski definition) is 4. The molecule has 0 fully saturated rings. The van der Waals surface area contributed by atoms with Gasteiger partial charge in [0, 0.05) is 23.5 Å². The molecule has 0 bridgehead atoms. The summed E-state index contributed by atoms with van der Waals surface area (Å²) in [6.45, 7) is 1.88. The smallest absolute Gasteiger partial charge is 0.144 e. The molecule has 0 amide bonds. The van der Waals surface area contributed by atoms with Crippen LogP contribution >= 0.6 is 11.3 Å². The highest BCUT2D eigenvalue weighted by Gasteiger charge is 2.22. The first-order chi connectivity index (χ1) is 8.68. The van der Waals surface area contributed by atoms with Crippen LogP contribution in [0.4, 0.5) is 0 Å². The molecule has 0 aliphatic heterocycles. The lowest BCUT2D eigenvalue weighted by atomic mass is 9.91. The van der Waals surface area contributed by atoms with Gasteiger partial charge in [-0.15, -0.1) is 11.3 Å². The van der Waals surface area contributed by atoms with Crippen molar-refractivity contribution in [2.45, 2.75) is 19.4 Å². The summed E-state index contributed by atoms with van der Waals surface area (Å²) in [5.41, 5.74) is 7.13. The van der Waals surface area contributed by atoms with Crippen LogP contribution < -0.4 is 5.73 Å². The first-order valence-corrected chi connectivity index (χ1v) is 6.78. The van der Waals surface area contributed by atoms with E-state index in [-0.39, 0.29) is 17.7 Å². The molecule has 0 aliphatic rings. The van der Waals surface area contributed by atoms with Crippen LogP contribution in [-0.2, 0) is 11.2 Å². The minimum atomic E-state index is -0.251. The van der Waals surface area contributed by atoms with Crippen LogP contribution in [0.15, 0.2) is 41.9 Å². The van der Waals surface area contributed by atoms with Crippen molar-refractivity contribution >= 4 is 17.1 Å². The van der Waals surface area contributed by atoms with E-state index in [1.54, 1.807) is 6.20 Å². The van der Waals surface area contributed by atoms with E-state index in [2.05, 4.69) is 4.98 Å². The van der Waals surface area contributed by atoms with Crippen molar-refractivity contribution in [1.29, 1.82) is 0 Å². The van der Waals surface area contributed by atoms with Gasteiger partial charge in [-0.3, -0.25) is 4.79 Å². The number of aromatic nitrogens is 1. The number of thiazole rings is 1. The van der Waals surface area contributed by atoms with Crippen molar-refractivity contribution in [2.75, 3.05) is 0 Å². The number of Topliss-reactive ketones (excluding diaryl/α,β-unsaturated/α-hetero) is 1. The highest BCUT2D eigenvalue weighted by molar-refractivity contribution is 7.09. The second-order valence-electron chi connectivity index (χ2n) is 4.29. The number of carbonyl (C=O) groups is 1. The summed E-state index contributed by atoms with van der Waals surface area (Å²) in [6, 6.07) is 9.48. The Morgan fingerprint density at radius 3 is 2.72 bits per heavy atom. The Balaban J connectivity index is 2.02. The maximum atomic E-state index is 12.1. The molecule has 2 N–H and O–H groups in total. The second-order valence-corrected chi connectivity index (χ2v) is 5.27. The van der Waals surface area contributed by atoms with E-state index in [1.807, 2.05) is 42.6 Å². The topological polar surface area (TPSA) is 56.0 Å². The summed E-state index contributed by atoms with van der Waals surface area (Å²) in [5.74, 6) is -0.0578. The van der Waals surface area contributed by atoms with Crippen molar-refractivity contribution in [3.63, 3.8) is 0 Å². The van der Waals surface area contributed by atoms with Crippen molar-refractivity contribution < 1.29 is 4.79 Å². The molecule has 0 saturated heterocycles. The quantitative estimate of drug-likeness (QED) is 0.899. The predicted molar refractivity (Wildman–Crippen MR) is 73.4 cm³/mol. The van der Waals surface area contributed by atoms with Gasteiger partial charge in [0.25, 0.3) is 0 Å². The van der Waals surface area contributed by atoms with E-state index < -0.39 is 0 Å². The fourth-order valence-electron chi connectivity index (χ4n) is 1.81. The predicted octanol–water partition coefficient (Wildman–Crippen LogP) is 2.59. The zero-order chi connectivity index (χ0) is 13.0. The normalized spacial score (nSPS) is 14.1. The van der Waals surface area contributed by atoms with Gasteiger partial charge in [-0.1, -0.05) is 37.3 Å². The average molecular weight is 260 g/mol. The molecule has 4 heteroatoms. The summed E-state index contributed by atoms with van der Waals surface area (Å²) in [6.07, 6.45) is 2.09. The SMILES string of the molecule is CC(C(=O)Cc1nccs1)C(N)c1ccccc1. The van der Waals surface area contributed by atoms with E-state index in [1.165, 1.54) is 11.3 Å². The standard InChI is InChI=1S/C14H16N2OS/c1-10(12(17)9-13-16-7-8-18-13)14(15)11-5-3-2-4-6-11/h2-8,10,14H,9,15H2,1H3. The van der Waals surface area contributed by atoms with Crippen LogP contribution in [0.5, 0.6) is 0 Å². The molecule has 94 valence electrons. The summed E-state index contributed by atoms with van der Waals surface area (Å²) in [4.78, 5) is 16.2. The minimum absolute atomic E-state index is 0.140. The third-order valence-corrected chi connectivity index (χ3v) is 3.82. The van der Waals surface area contributed by atoms with Gasteiger partial charge in [-0.25, -0.2) is 4.98 Å². The summed E-state index contributed by atoms with van der Waals surface area (Å²) >= 11 is 1.50. The Morgan fingerprint density at radius 2 is 2.11 bits per heavy atom. The van der Waals surface area contributed by atoms with E-state index in [4.69, 9.17) is 5.73 Å². The van der Waals surface area contributed by atoms with Gasteiger partial charge in [0.05, 0.1) is 11.4 Å². The fraction of sp³-hybridized carbons (Fsp3) is 0.286. The number of nitrogens with zero attached hydrogens (tertiary/aromatic N) is 1. The molecule has 2 aromatic rings. The van der Waals surface area contributed by atoms with Crippen LogP contribution in [0, 0.1) is 5.92 Å². The van der Waals surface area contributed by atoms with Gasteiger partial charge >= 0.3 is 0 Å². The highest BCUT2D eigenvalue weighted by atomic mass is 32.1. The molecule has 1 aromatic carbocycles. The van der Waals surface area contributed by atoms with Crippen molar-refractivity contribution in [2.24, 2.45) is 11.7 Å². The molecule has 2 unspecified atom stereocenters. The zero-order valence-electron chi connectivity index (χ0n) is 10.2. The summed E-state index contributed by atoms with van der Waals surface area (Å²) in [5, 5.41) is 2.73. The van der Waals surface area contributed by atoms with Crippen LogP contribution in [0.1, 0.15) is 23.5 Å². The molecule has 3 nitrogen and oxygen atoms in total. The average Bonchev–Trinajstić information content (AvgIpc) is 2.91. The van der Waals surface area contributed by atoms with Crippen molar-refractivity contribution in [3.8, 4) is 0 Å². The summed E-state index contributed by atoms with van der Waals surface area (Å²) in [7, 11) is 0. The lowest BCUT2D eigenvalue weighted by Crippen LogP contribution is -2.27. The summed E-state index contributed by atoms with van der Waals surface area (Å²) < 4.78 is 0. The Bertz CT molecular complexity index is 496. The largest absolute Gasteiger partial charge is 0.323 e. The van der Waals surface area contributed by atoms with Gasteiger partial charge < -0.3 is 5.73 Å². The van der Waals surface area contributed by atoms with Crippen LogP contribution in [0.2, 0.25) is 0 Å². The van der Waals surface area contributed by atoms with Crippen LogP contribution in [0.3, 0.4) is 0 Å². The number of nitrogens with two attached hydrogens (primary N) is 1. The maximum Gasteiger partial charge on any atom is 0.144 e. The van der Waals surface area contributed by atoms with Gasteiger partial charge in [0.2, 0.25) is 0 Å². The molecule has 1 heterocycles. The van der Waals surface area contributed by atoms with E-state index in [0.717, 1.165) is 10.6 Å². The van der Waals surface area contributed by atoms with E-state index in [0.29, 0.717) is 6.42 Å². The number of ketones is 1. The molecule has 0 radical (unpaired) electrons. The number of benzene rings is 1. The first-order valence-electron chi connectivity index (χ1n) is 5.90. The molecule has 1 aromatic heterocycles. The van der Waals surface area contributed by atoms with Gasteiger partial charge in [-0.05, 0) is 5.56 Å². The number of rotatable bonds is 5. The third-order valence-electron chi connectivity index (χ3n) is 3.04. The Labute approximate surface area is 111 Å². The lowest BCUT2D eigenvalue weighted by Gasteiger charge is -2.18. The molecule has 2 atom stereocenters. The molecular formula is C14H16N2OS. The Hall–Kier alpha value is -1.52. The third kappa shape index (κ3) is 3.03. The highest BCUT2D eigenvalue weighted by Crippen LogP contribution is 2.21. The molecule has 0 aliphatic carbocycles. The molecule has 0 saturated carbocycles. The number of hydrogen-bond donors (Lipinski definition) is 1. The zero-order valence-corrected chi connectivity index (χ0v) is 11.1. The second kappa shape index (κ2) is 5.89. The van der Waals surface area contributed by atoms with Gasteiger partial charge in [-0.2, -0.15) is 0 Å². The Morgan fingerprint density at radius 1 is 1.39 bits per heavy atom. The van der Waals surface area contributed by atoms with Crippen molar-refractivity contribution in [1.82, 2.24) is 4.98 Å². The lowest BCUT2D eigenvalue weighted by molar-refractivity contribution is -0.122. The number of carbonyl (C=O) groups excluding carboxylic acids is 1.